The fourth-order valence-corrected chi connectivity index (χ4v) is 10.4. The van der Waals surface area contributed by atoms with Gasteiger partial charge in [0, 0.05) is 19.3 Å². The first-order valence-corrected chi connectivity index (χ1v) is 34.5. The molecule has 0 aliphatic rings. The largest absolute Gasteiger partial charge is 0.462 e. The van der Waals surface area contributed by atoms with Gasteiger partial charge in [0.05, 0.1) is 0 Å². The van der Waals surface area contributed by atoms with Crippen molar-refractivity contribution in [2.75, 3.05) is 13.2 Å². The van der Waals surface area contributed by atoms with Gasteiger partial charge in [-0.2, -0.15) is 0 Å². The van der Waals surface area contributed by atoms with Crippen LogP contribution in [0.25, 0.3) is 0 Å². The van der Waals surface area contributed by atoms with Crippen LogP contribution in [0.3, 0.4) is 0 Å². The van der Waals surface area contributed by atoms with Crippen LogP contribution in [0.1, 0.15) is 380 Å². The molecule has 6 nitrogen and oxygen atoms in total. The Kier molecular flexibility index (Phi) is 64.1. The minimum absolute atomic E-state index is 0.0719. The molecule has 0 bridgehead atoms. The van der Waals surface area contributed by atoms with Crippen LogP contribution in [0.5, 0.6) is 0 Å². The summed E-state index contributed by atoms with van der Waals surface area (Å²) in [6.07, 6.45) is 81.6. The van der Waals surface area contributed by atoms with Crippen LogP contribution in [0.15, 0.2) is 36.5 Å². The highest BCUT2D eigenvalue weighted by atomic mass is 16.6. The van der Waals surface area contributed by atoms with Gasteiger partial charge in [-0.25, -0.2) is 0 Å². The zero-order chi connectivity index (χ0) is 55.7. The summed E-state index contributed by atoms with van der Waals surface area (Å²) in [5, 5.41) is 0. The number of ether oxygens (including phenoxy) is 3. The number of unbranched alkanes of at least 4 members (excludes halogenated alkanes) is 47. The first-order chi connectivity index (χ1) is 38.0. The average molecular weight is 1080 g/mol. The predicted octanol–water partition coefficient (Wildman–Crippen LogP) is 23.6. The van der Waals surface area contributed by atoms with E-state index in [0.29, 0.717) is 19.3 Å². The topological polar surface area (TPSA) is 78.9 Å². The summed E-state index contributed by atoms with van der Waals surface area (Å²) in [6, 6.07) is 0. The number of carbonyl (C=O) groups is 3. The van der Waals surface area contributed by atoms with Gasteiger partial charge in [-0.05, 0) is 77.0 Å². The summed E-state index contributed by atoms with van der Waals surface area (Å²) in [5.74, 6) is -0.857. The second-order valence-electron chi connectivity index (χ2n) is 23.4. The summed E-state index contributed by atoms with van der Waals surface area (Å²) in [4.78, 5) is 38.4. The molecule has 0 aromatic carbocycles. The van der Waals surface area contributed by atoms with Gasteiger partial charge in [0.1, 0.15) is 13.2 Å². The molecule has 1 atom stereocenters. The number of hydrogen-bond acceptors (Lipinski definition) is 6. The van der Waals surface area contributed by atoms with Crippen molar-refractivity contribution in [3.63, 3.8) is 0 Å². The van der Waals surface area contributed by atoms with Crippen LogP contribution in [-0.4, -0.2) is 37.2 Å². The summed E-state index contributed by atoms with van der Waals surface area (Å²) >= 11 is 0. The van der Waals surface area contributed by atoms with E-state index in [1.165, 1.54) is 270 Å². The smallest absolute Gasteiger partial charge is 0.306 e. The Bertz CT molecular complexity index is 1290. The summed E-state index contributed by atoms with van der Waals surface area (Å²) in [7, 11) is 0. The minimum Gasteiger partial charge on any atom is -0.462 e. The lowest BCUT2D eigenvalue weighted by Gasteiger charge is -2.18. The molecular weight excluding hydrogens is 949 g/mol. The average Bonchev–Trinajstić information content (AvgIpc) is 3.43. The Morgan fingerprint density at radius 3 is 0.727 bits per heavy atom. The Labute approximate surface area is 480 Å². The third kappa shape index (κ3) is 64.3. The first-order valence-electron chi connectivity index (χ1n) is 34.5. The number of rotatable bonds is 64. The molecule has 0 spiro atoms. The zero-order valence-corrected chi connectivity index (χ0v) is 52.0. The van der Waals surface area contributed by atoms with Gasteiger partial charge in [-0.1, -0.05) is 320 Å². The lowest BCUT2D eigenvalue weighted by molar-refractivity contribution is -0.167. The van der Waals surface area contributed by atoms with E-state index in [0.717, 1.165) is 70.6 Å². The van der Waals surface area contributed by atoms with Crippen molar-refractivity contribution in [1.29, 1.82) is 0 Å². The molecule has 0 aromatic heterocycles. The third-order valence-corrected chi connectivity index (χ3v) is 15.6. The van der Waals surface area contributed by atoms with E-state index in [9.17, 15) is 14.4 Å². The zero-order valence-electron chi connectivity index (χ0n) is 52.0. The monoisotopic (exact) mass is 1080 g/mol. The van der Waals surface area contributed by atoms with Gasteiger partial charge in [-0.15, -0.1) is 0 Å². The lowest BCUT2D eigenvalue weighted by atomic mass is 10.0. The maximum absolute atomic E-state index is 12.9. The molecule has 0 radical (unpaired) electrons. The van der Waals surface area contributed by atoms with Crippen molar-refractivity contribution in [2.24, 2.45) is 0 Å². The quantitative estimate of drug-likeness (QED) is 0.0261. The van der Waals surface area contributed by atoms with Crippen LogP contribution in [0.4, 0.5) is 0 Å². The second-order valence-corrected chi connectivity index (χ2v) is 23.4. The SMILES string of the molecule is CCCCCCC/C=C\C/C=C\CCCCCCCCCCCC(=O)OC(COC(=O)CCCCCCC/C=C\CCCCCCCC)COC(=O)CCCCCCCCCCCCCCCCCCCCCCCCC. The molecule has 0 aliphatic carbocycles. The van der Waals surface area contributed by atoms with Crippen LogP contribution < -0.4 is 0 Å². The van der Waals surface area contributed by atoms with Gasteiger partial charge < -0.3 is 14.2 Å². The van der Waals surface area contributed by atoms with Gasteiger partial charge in [-0.3, -0.25) is 14.4 Å². The molecule has 0 aliphatic heterocycles. The standard InChI is InChI=1S/C71H132O6/c1-4-7-10-13-16-19-22-25-28-30-32-34-35-37-38-40-43-46-49-52-55-58-61-64-70(73)76-67-68(66-75-69(72)63-60-57-54-51-48-45-42-27-24-21-18-15-12-9-6-3)77-71(74)65-62-59-56-53-50-47-44-41-39-36-33-31-29-26-23-20-17-14-11-8-5-2/h23,26-27,31,33,42,68H,4-22,24-25,28-30,32,34-41,43-67H2,1-3H3/b26-23-,33-31-,42-27-. The number of esters is 3. The fourth-order valence-electron chi connectivity index (χ4n) is 10.4. The summed E-state index contributed by atoms with van der Waals surface area (Å²) in [6.45, 7) is 6.69. The molecule has 77 heavy (non-hydrogen) atoms. The Hall–Kier alpha value is -2.37. The van der Waals surface area contributed by atoms with Crippen molar-refractivity contribution in [3.8, 4) is 0 Å². The van der Waals surface area contributed by atoms with Gasteiger partial charge in [0.2, 0.25) is 0 Å². The molecule has 0 aromatic rings. The maximum atomic E-state index is 12.9. The predicted molar refractivity (Wildman–Crippen MR) is 335 cm³/mol. The third-order valence-electron chi connectivity index (χ3n) is 15.6. The van der Waals surface area contributed by atoms with E-state index < -0.39 is 6.10 Å². The molecule has 0 amide bonds. The molecule has 0 fully saturated rings. The lowest BCUT2D eigenvalue weighted by Crippen LogP contribution is -2.30. The van der Waals surface area contributed by atoms with E-state index in [4.69, 9.17) is 14.2 Å². The highest BCUT2D eigenvalue weighted by Gasteiger charge is 2.19. The van der Waals surface area contributed by atoms with Crippen molar-refractivity contribution < 1.29 is 28.6 Å². The second kappa shape index (κ2) is 66.1. The molecular formula is C71H132O6. The van der Waals surface area contributed by atoms with Gasteiger partial charge >= 0.3 is 17.9 Å². The van der Waals surface area contributed by atoms with Crippen molar-refractivity contribution in [1.82, 2.24) is 0 Å². The maximum Gasteiger partial charge on any atom is 0.306 e. The highest BCUT2D eigenvalue weighted by Crippen LogP contribution is 2.18. The Balaban J connectivity index is 4.29. The number of allylic oxidation sites excluding steroid dienone is 6. The van der Waals surface area contributed by atoms with E-state index in [1.807, 2.05) is 0 Å². The summed E-state index contributed by atoms with van der Waals surface area (Å²) in [5.41, 5.74) is 0. The molecule has 6 heteroatoms. The van der Waals surface area contributed by atoms with Gasteiger partial charge in [0.15, 0.2) is 6.10 Å². The Morgan fingerprint density at radius 1 is 0.260 bits per heavy atom. The fraction of sp³-hybridized carbons (Fsp3) is 0.873. The van der Waals surface area contributed by atoms with E-state index in [2.05, 4.69) is 57.2 Å². The van der Waals surface area contributed by atoms with E-state index in [1.54, 1.807) is 0 Å². The van der Waals surface area contributed by atoms with Crippen LogP contribution in [0.2, 0.25) is 0 Å². The van der Waals surface area contributed by atoms with Crippen LogP contribution in [-0.2, 0) is 28.6 Å². The number of carbonyl (C=O) groups excluding carboxylic acids is 3. The highest BCUT2D eigenvalue weighted by molar-refractivity contribution is 5.71. The molecule has 0 heterocycles. The molecule has 0 N–H and O–H groups in total. The first kappa shape index (κ1) is 74.6. The molecule has 1 unspecified atom stereocenters. The molecule has 452 valence electrons. The van der Waals surface area contributed by atoms with Crippen molar-refractivity contribution in [2.45, 2.75) is 386 Å². The van der Waals surface area contributed by atoms with Crippen molar-refractivity contribution in [3.05, 3.63) is 36.5 Å². The molecule has 0 saturated carbocycles. The van der Waals surface area contributed by atoms with Crippen molar-refractivity contribution >= 4 is 17.9 Å². The molecule has 0 saturated heterocycles. The van der Waals surface area contributed by atoms with E-state index >= 15 is 0 Å². The van der Waals surface area contributed by atoms with E-state index in [-0.39, 0.29) is 31.1 Å². The van der Waals surface area contributed by atoms with Crippen LogP contribution >= 0.6 is 0 Å². The Morgan fingerprint density at radius 2 is 0.468 bits per heavy atom. The molecule has 0 rings (SSSR count). The summed E-state index contributed by atoms with van der Waals surface area (Å²) < 4.78 is 17.0. The normalized spacial score (nSPS) is 12.2. The number of hydrogen-bond donors (Lipinski definition) is 0. The van der Waals surface area contributed by atoms with Crippen LogP contribution in [0, 0.1) is 0 Å². The van der Waals surface area contributed by atoms with Gasteiger partial charge in [0.25, 0.3) is 0 Å². The minimum atomic E-state index is -0.777.